The van der Waals surface area contributed by atoms with Gasteiger partial charge in [0, 0.05) is 24.2 Å². The molecule has 5 heteroatoms. The number of carbonyl (C=O) groups excluding carboxylic acids is 2. The second-order valence-corrected chi connectivity index (χ2v) is 5.68. The molecule has 24 heavy (non-hydrogen) atoms. The summed E-state index contributed by atoms with van der Waals surface area (Å²) in [6, 6.07) is 16.4. The van der Waals surface area contributed by atoms with E-state index in [0.29, 0.717) is 19.4 Å². The average molecular weight is 324 g/mol. The maximum Gasteiger partial charge on any atom is 0.243 e. The number of rotatable bonds is 5. The number of anilines is 1. The molecule has 1 saturated heterocycles. The summed E-state index contributed by atoms with van der Waals surface area (Å²) in [5, 5.41) is 2.92. The first-order chi connectivity index (χ1) is 11.7. The zero-order valence-electron chi connectivity index (χ0n) is 13.6. The van der Waals surface area contributed by atoms with Crippen LogP contribution >= 0.6 is 0 Å². The summed E-state index contributed by atoms with van der Waals surface area (Å²) in [6.45, 7) is 0.371. The molecule has 0 spiro atoms. The Balaban J connectivity index is 1.71. The average Bonchev–Trinajstić information content (AvgIpc) is 3.02. The third-order valence-corrected chi connectivity index (χ3v) is 4.19. The molecule has 1 N–H and O–H groups in total. The Morgan fingerprint density at radius 3 is 2.62 bits per heavy atom. The Labute approximate surface area is 141 Å². The van der Waals surface area contributed by atoms with Crippen molar-refractivity contribution in [3.05, 3.63) is 60.2 Å². The number of hydrogen-bond acceptors (Lipinski definition) is 3. The number of hydrogen-bond donors (Lipinski definition) is 1. The van der Waals surface area contributed by atoms with Gasteiger partial charge in [-0.15, -0.1) is 0 Å². The van der Waals surface area contributed by atoms with E-state index in [1.54, 1.807) is 12.0 Å². The van der Waals surface area contributed by atoms with Gasteiger partial charge in [-0.3, -0.25) is 14.5 Å². The van der Waals surface area contributed by atoms with E-state index in [-0.39, 0.29) is 11.8 Å². The van der Waals surface area contributed by atoms with Gasteiger partial charge in [-0.2, -0.15) is 0 Å². The van der Waals surface area contributed by atoms with Crippen LogP contribution in [0.3, 0.4) is 0 Å². The molecule has 2 aromatic rings. The second kappa shape index (κ2) is 7.17. The third kappa shape index (κ3) is 3.25. The van der Waals surface area contributed by atoms with Crippen molar-refractivity contribution in [3.63, 3.8) is 0 Å². The van der Waals surface area contributed by atoms with Crippen molar-refractivity contribution in [2.75, 3.05) is 12.0 Å². The van der Waals surface area contributed by atoms with Gasteiger partial charge < -0.3 is 10.1 Å². The van der Waals surface area contributed by atoms with Crippen molar-refractivity contribution >= 4 is 17.5 Å². The molecule has 0 saturated carbocycles. The molecule has 0 aliphatic carbocycles. The summed E-state index contributed by atoms with van der Waals surface area (Å²) in [5.74, 6) is 0.578. The van der Waals surface area contributed by atoms with Crippen LogP contribution in [0.2, 0.25) is 0 Å². The van der Waals surface area contributed by atoms with Crippen LogP contribution in [0.25, 0.3) is 0 Å². The zero-order chi connectivity index (χ0) is 16.9. The van der Waals surface area contributed by atoms with Gasteiger partial charge in [0.05, 0.1) is 7.11 Å². The molecule has 1 aliphatic rings. The van der Waals surface area contributed by atoms with E-state index in [4.69, 9.17) is 4.74 Å². The molecular formula is C19H20N2O3. The molecule has 1 heterocycles. The topological polar surface area (TPSA) is 58.6 Å². The Hall–Kier alpha value is -2.82. The number of carbonyl (C=O) groups is 2. The SMILES string of the molecule is COc1ccccc1CNC(=O)C1CCC(=O)N1c1ccccc1. The molecule has 1 unspecified atom stereocenters. The minimum Gasteiger partial charge on any atom is -0.496 e. The predicted molar refractivity (Wildman–Crippen MR) is 91.8 cm³/mol. The highest BCUT2D eigenvalue weighted by Gasteiger charge is 2.36. The largest absolute Gasteiger partial charge is 0.496 e. The lowest BCUT2D eigenvalue weighted by Gasteiger charge is -2.24. The lowest BCUT2D eigenvalue weighted by atomic mass is 10.1. The van der Waals surface area contributed by atoms with E-state index in [2.05, 4.69) is 5.32 Å². The fourth-order valence-corrected chi connectivity index (χ4v) is 2.99. The first kappa shape index (κ1) is 16.1. The minimum absolute atomic E-state index is 0.0151. The number of ether oxygens (including phenoxy) is 1. The lowest BCUT2D eigenvalue weighted by molar-refractivity contribution is -0.124. The fraction of sp³-hybridized carbons (Fsp3) is 0.263. The number of nitrogens with zero attached hydrogens (tertiary/aromatic N) is 1. The Morgan fingerprint density at radius 1 is 1.17 bits per heavy atom. The van der Waals surface area contributed by atoms with Gasteiger partial charge in [0.25, 0.3) is 0 Å². The molecule has 0 bridgehead atoms. The second-order valence-electron chi connectivity index (χ2n) is 5.68. The molecule has 1 atom stereocenters. The van der Waals surface area contributed by atoms with Gasteiger partial charge >= 0.3 is 0 Å². The normalized spacial score (nSPS) is 17.0. The summed E-state index contributed by atoms with van der Waals surface area (Å²) in [6.07, 6.45) is 0.924. The van der Waals surface area contributed by atoms with Crippen LogP contribution in [0, 0.1) is 0 Å². The number of para-hydroxylation sites is 2. The fourth-order valence-electron chi connectivity index (χ4n) is 2.99. The highest BCUT2D eigenvalue weighted by Crippen LogP contribution is 2.26. The lowest BCUT2D eigenvalue weighted by Crippen LogP contribution is -2.44. The summed E-state index contributed by atoms with van der Waals surface area (Å²) >= 11 is 0. The Bertz CT molecular complexity index is 730. The smallest absolute Gasteiger partial charge is 0.243 e. The van der Waals surface area contributed by atoms with Crippen LogP contribution in [-0.2, 0) is 16.1 Å². The number of methoxy groups -OCH3 is 1. The van der Waals surface area contributed by atoms with Gasteiger partial charge in [-0.1, -0.05) is 36.4 Å². The van der Waals surface area contributed by atoms with E-state index < -0.39 is 6.04 Å². The highest BCUT2D eigenvalue weighted by molar-refractivity contribution is 6.03. The first-order valence-corrected chi connectivity index (χ1v) is 7.97. The molecule has 5 nitrogen and oxygen atoms in total. The first-order valence-electron chi connectivity index (χ1n) is 7.97. The van der Waals surface area contributed by atoms with Crippen LogP contribution in [0.5, 0.6) is 5.75 Å². The summed E-state index contributed by atoms with van der Waals surface area (Å²) in [7, 11) is 1.60. The van der Waals surface area contributed by atoms with Crippen molar-refractivity contribution in [3.8, 4) is 5.75 Å². The monoisotopic (exact) mass is 324 g/mol. The van der Waals surface area contributed by atoms with E-state index >= 15 is 0 Å². The standard InChI is InChI=1S/C19H20N2O3/c1-24-17-10-6-5-7-14(17)13-20-19(23)16-11-12-18(22)21(16)15-8-3-2-4-9-15/h2-10,16H,11-13H2,1H3,(H,20,23). The van der Waals surface area contributed by atoms with Crippen LogP contribution in [0.15, 0.2) is 54.6 Å². The van der Waals surface area contributed by atoms with Gasteiger partial charge in [0.2, 0.25) is 11.8 Å². The third-order valence-electron chi connectivity index (χ3n) is 4.19. The quantitative estimate of drug-likeness (QED) is 0.919. The van der Waals surface area contributed by atoms with Crippen LogP contribution in [0.1, 0.15) is 18.4 Å². The van der Waals surface area contributed by atoms with Crippen molar-refractivity contribution < 1.29 is 14.3 Å². The molecule has 1 fully saturated rings. The van der Waals surface area contributed by atoms with E-state index in [1.807, 2.05) is 54.6 Å². The molecule has 2 amide bonds. The van der Waals surface area contributed by atoms with E-state index in [9.17, 15) is 9.59 Å². The van der Waals surface area contributed by atoms with Crippen LogP contribution in [-0.4, -0.2) is 25.0 Å². The highest BCUT2D eigenvalue weighted by atomic mass is 16.5. The van der Waals surface area contributed by atoms with Crippen molar-refractivity contribution in [2.45, 2.75) is 25.4 Å². The van der Waals surface area contributed by atoms with Gasteiger partial charge in [0.15, 0.2) is 0 Å². The summed E-state index contributed by atoms with van der Waals surface area (Å²) < 4.78 is 5.29. The number of nitrogens with one attached hydrogen (secondary N) is 1. The minimum atomic E-state index is -0.463. The Kier molecular flexibility index (Phi) is 4.79. The molecule has 0 aromatic heterocycles. The number of benzene rings is 2. The molecule has 1 aliphatic heterocycles. The maximum absolute atomic E-state index is 12.6. The maximum atomic E-state index is 12.6. The molecule has 124 valence electrons. The number of amides is 2. The summed E-state index contributed by atoms with van der Waals surface area (Å²) in [5.41, 5.74) is 1.67. The zero-order valence-corrected chi connectivity index (χ0v) is 13.6. The van der Waals surface area contributed by atoms with E-state index in [1.165, 1.54) is 0 Å². The van der Waals surface area contributed by atoms with Crippen molar-refractivity contribution in [1.29, 1.82) is 0 Å². The van der Waals surface area contributed by atoms with Crippen LogP contribution < -0.4 is 15.0 Å². The molecule has 3 rings (SSSR count). The predicted octanol–water partition coefficient (Wildman–Crippen LogP) is 2.51. The van der Waals surface area contributed by atoms with Crippen molar-refractivity contribution in [2.24, 2.45) is 0 Å². The molecular weight excluding hydrogens is 304 g/mol. The van der Waals surface area contributed by atoms with Crippen molar-refractivity contribution in [1.82, 2.24) is 5.32 Å². The van der Waals surface area contributed by atoms with Gasteiger partial charge in [-0.25, -0.2) is 0 Å². The Morgan fingerprint density at radius 2 is 1.88 bits per heavy atom. The van der Waals surface area contributed by atoms with Gasteiger partial charge in [0.1, 0.15) is 11.8 Å². The summed E-state index contributed by atoms with van der Waals surface area (Å²) in [4.78, 5) is 26.4. The van der Waals surface area contributed by atoms with E-state index in [0.717, 1.165) is 17.0 Å². The van der Waals surface area contributed by atoms with Crippen LogP contribution in [0.4, 0.5) is 5.69 Å². The van der Waals surface area contributed by atoms with Gasteiger partial charge in [-0.05, 0) is 24.6 Å². The molecule has 2 aromatic carbocycles. The molecule has 0 radical (unpaired) electrons.